The van der Waals surface area contributed by atoms with Crippen LogP contribution in [0.2, 0.25) is 0 Å². The summed E-state index contributed by atoms with van der Waals surface area (Å²) >= 11 is 0. The van der Waals surface area contributed by atoms with Crippen molar-refractivity contribution in [2.75, 3.05) is 5.32 Å². The standard InChI is InChI=1S/C17H21N5O5/c23-11(5-6-12(24)25)18-16-19-13-14(20-16)21(7-9-1-2-9)17(27)22(15(13)26)8-10-3-4-10/h9-10H,1-8H2,(H,24,25)(H2,18,19,20,23). The lowest BCUT2D eigenvalue weighted by molar-refractivity contribution is -0.138. The normalized spacial score (nSPS) is 16.6. The SMILES string of the molecule is O=C(O)CCC(=O)Nc1nc2c([nH]1)c(=O)n(CC1CC1)c(=O)n2CC1CC1. The second-order valence-electron chi connectivity index (χ2n) is 7.42. The summed E-state index contributed by atoms with van der Waals surface area (Å²) in [5.74, 6) is -0.782. The third-order valence-corrected chi connectivity index (χ3v) is 4.96. The van der Waals surface area contributed by atoms with Gasteiger partial charge in [-0.2, -0.15) is 4.98 Å². The molecule has 0 radical (unpaired) electrons. The van der Waals surface area contributed by atoms with Crippen molar-refractivity contribution < 1.29 is 14.7 Å². The van der Waals surface area contributed by atoms with Crippen molar-refractivity contribution in [3.05, 3.63) is 20.8 Å². The van der Waals surface area contributed by atoms with Gasteiger partial charge in [-0.3, -0.25) is 28.8 Å². The van der Waals surface area contributed by atoms with Gasteiger partial charge in [0.05, 0.1) is 6.42 Å². The van der Waals surface area contributed by atoms with Gasteiger partial charge in [-0.15, -0.1) is 0 Å². The molecule has 2 heterocycles. The molecule has 10 nitrogen and oxygen atoms in total. The van der Waals surface area contributed by atoms with Crippen LogP contribution in [0.4, 0.5) is 5.95 Å². The molecular weight excluding hydrogens is 354 g/mol. The quantitative estimate of drug-likeness (QED) is 0.614. The molecule has 2 fully saturated rings. The number of aliphatic carboxylic acids is 1. The fourth-order valence-electron chi connectivity index (χ4n) is 3.08. The molecule has 27 heavy (non-hydrogen) atoms. The Labute approximate surface area is 153 Å². The van der Waals surface area contributed by atoms with E-state index >= 15 is 0 Å². The molecule has 0 atom stereocenters. The number of nitrogens with zero attached hydrogens (tertiary/aromatic N) is 3. The average molecular weight is 375 g/mol. The molecule has 144 valence electrons. The van der Waals surface area contributed by atoms with Gasteiger partial charge in [0.25, 0.3) is 5.56 Å². The van der Waals surface area contributed by atoms with Crippen LogP contribution in [0.5, 0.6) is 0 Å². The lowest BCUT2D eigenvalue weighted by Crippen LogP contribution is -2.41. The summed E-state index contributed by atoms with van der Waals surface area (Å²) in [5, 5.41) is 11.1. The second-order valence-corrected chi connectivity index (χ2v) is 7.42. The van der Waals surface area contributed by atoms with Crippen molar-refractivity contribution in [1.29, 1.82) is 0 Å². The topological polar surface area (TPSA) is 139 Å². The number of carboxylic acid groups (broad SMARTS) is 1. The highest BCUT2D eigenvalue weighted by Gasteiger charge is 2.28. The molecule has 0 aliphatic heterocycles. The summed E-state index contributed by atoms with van der Waals surface area (Å²) in [7, 11) is 0. The monoisotopic (exact) mass is 375 g/mol. The Morgan fingerprint density at radius 1 is 1.07 bits per heavy atom. The van der Waals surface area contributed by atoms with Crippen molar-refractivity contribution >= 4 is 29.0 Å². The molecule has 0 spiro atoms. The number of imidazole rings is 1. The summed E-state index contributed by atoms with van der Waals surface area (Å²) in [6.07, 6.45) is 3.61. The van der Waals surface area contributed by atoms with E-state index < -0.39 is 17.4 Å². The Kier molecular flexibility index (Phi) is 4.33. The highest BCUT2D eigenvalue weighted by atomic mass is 16.4. The van der Waals surface area contributed by atoms with Crippen LogP contribution in [0.25, 0.3) is 11.2 Å². The van der Waals surface area contributed by atoms with Gasteiger partial charge in [0.15, 0.2) is 11.2 Å². The third kappa shape index (κ3) is 3.79. The number of anilines is 1. The number of amides is 1. The second kappa shape index (κ2) is 6.67. The van der Waals surface area contributed by atoms with E-state index in [9.17, 15) is 19.2 Å². The van der Waals surface area contributed by atoms with E-state index in [-0.39, 0.29) is 35.6 Å². The van der Waals surface area contributed by atoms with Crippen LogP contribution in [0.1, 0.15) is 38.5 Å². The van der Waals surface area contributed by atoms with Gasteiger partial charge < -0.3 is 10.1 Å². The Hall–Kier alpha value is -2.91. The van der Waals surface area contributed by atoms with E-state index in [1.54, 1.807) is 0 Å². The Morgan fingerprint density at radius 2 is 1.70 bits per heavy atom. The lowest BCUT2D eigenvalue weighted by atomic mass is 10.3. The minimum absolute atomic E-state index is 0.0469. The minimum atomic E-state index is -1.07. The molecule has 10 heteroatoms. The Bertz CT molecular complexity index is 1020. The van der Waals surface area contributed by atoms with Crippen LogP contribution in [0.3, 0.4) is 0 Å². The van der Waals surface area contributed by atoms with Crippen molar-refractivity contribution in [3.8, 4) is 0 Å². The van der Waals surface area contributed by atoms with Gasteiger partial charge in [0.2, 0.25) is 11.9 Å². The van der Waals surface area contributed by atoms with E-state index in [1.165, 1.54) is 9.13 Å². The van der Waals surface area contributed by atoms with Crippen LogP contribution in [0, 0.1) is 11.8 Å². The number of carbonyl (C=O) groups is 2. The fourth-order valence-corrected chi connectivity index (χ4v) is 3.08. The first-order valence-electron chi connectivity index (χ1n) is 9.17. The molecule has 2 aliphatic carbocycles. The van der Waals surface area contributed by atoms with E-state index in [0.717, 1.165) is 25.7 Å². The minimum Gasteiger partial charge on any atom is -0.481 e. The number of carboxylic acids is 1. The average Bonchev–Trinajstić information content (AvgIpc) is 3.54. The molecule has 0 bridgehead atoms. The predicted octanol–water partition coefficient (Wildman–Crippen LogP) is 0.510. The highest BCUT2D eigenvalue weighted by molar-refractivity contribution is 5.92. The molecule has 1 amide bonds. The molecule has 4 rings (SSSR count). The predicted molar refractivity (Wildman–Crippen MR) is 95.6 cm³/mol. The third-order valence-electron chi connectivity index (χ3n) is 4.96. The zero-order chi connectivity index (χ0) is 19.1. The first-order chi connectivity index (χ1) is 12.9. The van der Waals surface area contributed by atoms with Gasteiger partial charge in [-0.25, -0.2) is 4.79 Å². The number of aromatic amines is 1. The van der Waals surface area contributed by atoms with E-state index in [4.69, 9.17) is 5.11 Å². The highest BCUT2D eigenvalue weighted by Crippen LogP contribution is 2.31. The van der Waals surface area contributed by atoms with Crippen LogP contribution < -0.4 is 16.6 Å². The van der Waals surface area contributed by atoms with Crippen LogP contribution in [-0.4, -0.2) is 36.1 Å². The number of nitrogens with one attached hydrogen (secondary N) is 2. The molecule has 0 aromatic carbocycles. The molecule has 2 aliphatic rings. The van der Waals surface area contributed by atoms with Gasteiger partial charge in [-0.05, 0) is 37.5 Å². The van der Waals surface area contributed by atoms with E-state index in [2.05, 4.69) is 15.3 Å². The summed E-state index contributed by atoms with van der Waals surface area (Å²) < 4.78 is 2.77. The van der Waals surface area contributed by atoms with Crippen molar-refractivity contribution in [2.45, 2.75) is 51.6 Å². The summed E-state index contributed by atoms with van der Waals surface area (Å²) in [4.78, 5) is 55.1. The first-order valence-corrected chi connectivity index (χ1v) is 9.17. The molecule has 2 saturated carbocycles. The molecule has 3 N–H and O–H groups in total. The van der Waals surface area contributed by atoms with Crippen molar-refractivity contribution in [1.82, 2.24) is 19.1 Å². The molecule has 2 aromatic rings. The van der Waals surface area contributed by atoms with Gasteiger partial charge in [0.1, 0.15) is 0 Å². The van der Waals surface area contributed by atoms with Crippen molar-refractivity contribution in [2.24, 2.45) is 11.8 Å². The summed E-state index contributed by atoms with van der Waals surface area (Å²) in [6, 6.07) is 0. The Morgan fingerprint density at radius 3 is 2.30 bits per heavy atom. The summed E-state index contributed by atoms with van der Waals surface area (Å²) in [6.45, 7) is 0.898. The number of hydrogen-bond donors (Lipinski definition) is 3. The largest absolute Gasteiger partial charge is 0.481 e. The van der Waals surface area contributed by atoms with Crippen molar-refractivity contribution in [3.63, 3.8) is 0 Å². The van der Waals surface area contributed by atoms with Crippen LogP contribution in [0.15, 0.2) is 9.59 Å². The molecule has 0 unspecified atom stereocenters. The first kappa shape index (κ1) is 17.5. The Balaban J connectivity index is 1.70. The van der Waals surface area contributed by atoms with Gasteiger partial charge in [-0.1, -0.05) is 0 Å². The maximum atomic E-state index is 12.9. The number of carbonyl (C=O) groups excluding carboxylic acids is 1. The zero-order valence-corrected chi connectivity index (χ0v) is 14.7. The van der Waals surface area contributed by atoms with E-state index in [1.807, 2.05) is 0 Å². The zero-order valence-electron chi connectivity index (χ0n) is 14.7. The molecule has 0 saturated heterocycles. The van der Waals surface area contributed by atoms with Gasteiger partial charge in [0, 0.05) is 19.5 Å². The number of aromatic nitrogens is 4. The maximum absolute atomic E-state index is 12.9. The van der Waals surface area contributed by atoms with Crippen LogP contribution >= 0.6 is 0 Å². The fraction of sp³-hybridized carbons (Fsp3) is 0.588. The number of hydrogen-bond acceptors (Lipinski definition) is 5. The smallest absolute Gasteiger partial charge is 0.332 e. The number of H-pyrrole nitrogens is 1. The van der Waals surface area contributed by atoms with Gasteiger partial charge >= 0.3 is 11.7 Å². The van der Waals surface area contributed by atoms with E-state index in [0.29, 0.717) is 24.9 Å². The number of fused-ring (bicyclic) bond motifs is 1. The summed E-state index contributed by atoms with van der Waals surface area (Å²) in [5.41, 5.74) is -0.379. The van der Waals surface area contributed by atoms with Crippen LogP contribution in [-0.2, 0) is 22.7 Å². The maximum Gasteiger partial charge on any atom is 0.332 e. The molecular formula is C17H21N5O5. The molecule has 2 aromatic heterocycles. The number of rotatable bonds is 8. The lowest BCUT2D eigenvalue weighted by Gasteiger charge is -2.10.